The molecule has 1 aromatic carbocycles. The molecular formula is C12H18N2O. The van der Waals surface area contributed by atoms with Gasteiger partial charge in [-0.25, -0.2) is 0 Å². The third kappa shape index (κ3) is 4.13. The summed E-state index contributed by atoms with van der Waals surface area (Å²) in [6.07, 6.45) is 0.878. The number of carbonyl (C=O) groups is 1. The molecule has 0 saturated carbocycles. The van der Waals surface area contributed by atoms with Crippen molar-refractivity contribution in [3.05, 3.63) is 35.9 Å². The lowest BCUT2D eigenvalue weighted by Gasteiger charge is -2.10. The van der Waals surface area contributed by atoms with Crippen LogP contribution in [0.4, 0.5) is 0 Å². The maximum Gasteiger partial charge on any atom is 0.236 e. The molecule has 1 atom stereocenters. The molecule has 0 bridgehead atoms. The van der Waals surface area contributed by atoms with Crippen molar-refractivity contribution in [1.29, 1.82) is 0 Å². The molecule has 1 aromatic rings. The molecule has 0 aliphatic heterocycles. The van der Waals surface area contributed by atoms with E-state index in [1.165, 1.54) is 5.56 Å². The fourth-order valence-corrected chi connectivity index (χ4v) is 1.26. The molecule has 0 heterocycles. The Morgan fingerprint density at radius 1 is 1.33 bits per heavy atom. The smallest absolute Gasteiger partial charge is 0.236 e. The molecule has 1 amide bonds. The highest BCUT2D eigenvalue weighted by Crippen LogP contribution is 1.98. The standard InChI is InChI=1S/C12H18N2O/c1-10(13-2)12(15)14-9-8-11-6-4-3-5-7-11/h3-7,10,13H,8-9H2,1-2H3,(H,14,15). The number of amides is 1. The van der Waals surface area contributed by atoms with E-state index in [2.05, 4.69) is 22.8 Å². The van der Waals surface area contributed by atoms with Crippen LogP contribution in [0.25, 0.3) is 0 Å². The number of hydrogen-bond acceptors (Lipinski definition) is 2. The number of rotatable bonds is 5. The Morgan fingerprint density at radius 2 is 2.00 bits per heavy atom. The molecule has 0 aliphatic carbocycles. The van der Waals surface area contributed by atoms with Crippen molar-refractivity contribution in [1.82, 2.24) is 10.6 Å². The third-order valence-corrected chi connectivity index (χ3v) is 2.38. The maximum absolute atomic E-state index is 11.4. The molecule has 15 heavy (non-hydrogen) atoms. The molecule has 1 unspecified atom stereocenters. The summed E-state index contributed by atoms with van der Waals surface area (Å²) in [5.74, 6) is 0.0495. The molecule has 0 saturated heterocycles. The van der Waals surface area contributed by atoms with Crippen molar-refractivity contribution in [2.24, 2.45) is 0 Å². The number of hydrogen-bond donors (Lipinski definition) is 2. The van der Waals surface area contributed by atoms with Gasteiger partial charge in [0.05, 0.1) is 6.04 Å². The van der Waals surface area contributed by atoms with Gasteiger partial charge in [0.25, 0.3) is 0 Å². The minimum Gasteiger partial charge on any atom is -0.354 e. The summed E-state index contributed by atoms with van der Waals surface area (Å²) in [7, 11) is 1.78. The first-order valence-corrected chi connectivity index (χ1v) is 5.23. The van der Waals surface area contributed by atoms with Crippen molar-refractivity contribution in [2.45, 2.75) is 19.4 Å². The minimum absolute atomic E-state index is 0.0495. The van der Waals surface area contributed by atoms with Gasteiger partial charge in [0.15, 0.2) is 0 Å². The summed E-state index contributed by atoms with van der Waals surface area (Å²) in [4.78, 5) is 11.4. The van der Waals surface area contributed by atoms with E-state index in [9.17, 15) is 4.79 Å². The maximum atomic E-state index is 11.4. The highest BCUT2D eigenvalue weighted by atomic mass is 16.2. The summed E-state index contributed by atoms with van der Waals surface area (Å²) in [6, 6.07) is 10.0. The van der Waals surface area contributed by atoms with Crippen LogP contribution < -0.4 is 10.6 Å². The predicted octanol–water partition coefficient (Wildman–Crippen LogP) is 0.953. The van der Waals surface area contributed by atoms with Crippen molar-refractivity contribution in [2.75, 3.05) is 13.6 Å². The van der Waals surface area contributed by atoms with E-state index in [0.717, 1.165) is 6.42 Å². The summed E-state index contributed by atoms with van der Waals surface area (Å²) in [5.41, 5.74) is 1.25. The van der Waals surface area contributed by atoms with E-state index in [4.69, 9.17) is 0 Å². The summed E-state index contributed by atoms with van der Waals surface area (Å²) >= 11 is 0. The zero-order valence-corrected chi connectivity index (χ0v) is 9.29. The molecule has 0 spiro atoms. The first-order valence-electron chi connectivity index (χ1n) is 5.23. The zero-order valence-electron chi connectivity index (χ0n) is 9.29. The van der Waals surface area contributed by atoms with Gasteiger partial charge in [0, 0.05) is 6.54 Å². The van der Waals surface area contributed by atoms with Crippen LogP contribution in [0.2, 0.25) is 0 Å². The molecule has 0 fully saturated rings. The molecule has 0 radical (unpaired) electrons. The van der Waals surface area contributed by atoms with Crippen LogP contribution in [0.1, 0.15) is 12.5 Å². The van der Waals surface area contributed by atoms with Crippen LogP contribution >= 0.6 is 0 Å². The van der Waals surface area contributed by atoms with Gasteiger partial charge in [-0.05, 0) is 26.0 Å². The fourth-order valence-electron chi connectivity index (χ4n) is 1.26. The van der Waals surface area contributed by atoms with Crippen molar-refractivity contribution < 1.29 is 4.79 Å². The first-order chi connectivity index (χ1) is 7.24. The van der Waals surface area contributed by atoms with E-state index in [1.54, 1.807) is 7.05 Å². The van der Waals surface area contributed by atoms with Crippen molar-refractivity contribution in [3.63, 3.8) is 0 Å². The largest absolute Gasteiger partial charge is 0.354 e. The van der Waals surface area contributed by atoms with Gasteiger partial charge in [-0.1, -0.05) is 30.3 Å². The van der Waals surface area contributed by atoms with Crippen LogP contribution in [-0.4, -0.2) is 25.5 Å². The average molecular weight is 206 g/mol. The predicted molar refractivity (Wildman–Crippen MR) is 61.7 cm³/mol. The third-order valence-electron chi connectivity index (χ3n) is 2.38. The second kappa shape index (κ2) is 6.19. The van der Waals surface area contributed by atoms with Gasteiger partial charge in [-0.2, -0.15) is 0 Å². The van der Waals surface area contributed by atoms with E-state index in [-0.39, 0.29) is 11.9 Å². The van der Waals surface area contributed by atoms with Gasteiger partial charge < -0.3 is 10.6 Å². The van der Waals surface area contributed by atoms with Gasteiger partial charge in [-0.15, -0.1) is 0 Å². The lowest BCUT2D eigenvalue weighted by molar-refractivity contribution is -0.122. The van der Waals surface area contributed by atoms with Crippen LogP contribution in [0.5, 0.6) is 0 Å². The van der Waals surface area contributed by atoms with E-state index in [1.807, 2.05) is 25.1 Å². The molecule has 0 aromatic heterocycles. The Bertz CT molecular complexity index is 298. The summed E-state index contributed by atoms with van der Waals surface area (Å²) in [5, 5.41) is 5.78. The zero-order chi connectivity index (χ0) is 11.1. The highest BCUT2D eigenvalue weighted by molar-refractivity contribution is 5.81. The minimum atomic E-state index is -0.124. The van der Waals surface area contributed by atoms with Crippen LogP contribution in [0, 0.1) is 0 Å². The van der Waals surface area contributed by atoms with Gasteiger partial charge in [0.1, 0.15) is 0 Å². The van der Waals surface area contributed by atoms with Crippen molar-refractivity contribution in [3.8, 4) is 0 Å². The van der Waals surface area contributed by atoms with E-state index in [0.29, 0.717) is 6.54 Å². The van der Waals surface area contributed by atoms with E-state index >= 15 is 0 Å². The SMILES string of the molecule is CNC(C)C(=O)NCCc1ccccc1. The van der Waals surface area contributed by atoms with Crippen molar-refractivity contribution >= 4 is 5.91 Å². The number of nitrogens with one attached hydrogen (secondary N) is 2. The van der Waals surface area contributed by atoms with E-state index < -0.39 is 0 Å². The highest BCUT2D eigenvalue weighted by Gasteiger charge is 2.08. The first kappa shape index (κ1) is 11.7. The summed E-state index contributed by atoms with van der Waals surface area (Å²) < 4.78 is 0. The molecule has 3 nitrogen and oxygen atoms in total. The normalized spacial score (nSPS) is 12.1. The Morgan fingerprint density at radius 3 is 2.60 bits per heavy atom. The topological polar surface area (TPSA) is 41.1 Å². The molecule has 82 valence electrons. The molecule has 0 aliphatic rings. The van der Waals surface area contributed by atoms with Gasteiger partial charge >= 0.3 is 0 Å². The monoisotopic (exact) mass is 206 g/mol. The lowest BCUT2D eigenvalue weighted by atomic mass is 10.1. The molecule has 1 rings (SSSR count). The number of likely N-dealkylation sites (N-methyl/N-ethyl adjacent to an activating group) is 1. The molecule has 3 heteroatoms. The molecule has 2 N–H and O–H groups in total. The van der Waals surface area contributed by atoms with Crippen LogP contribution in [0.15, 0.2) is 30.3 Å². The van der Waals surface area contributed by atoms with Crippen LogP contribution in [-0.2, 0) is 11.2 Å². The molecular weight excluding hydrogens is 188 g/mol. The average Bonchev–Trinajstić information content (AvgIpc) is 2.29. The number of benzene rings is 1. The fraction of sp³-hybridized carbons (Fsp3) is 0.417. The van der Waals surface area contributed by atoms with Gasteiger partial charge in [-0.3, -0.25) is 4.79 Å². The quantitative estimate of drug-likeness (QED) is 0.753. The number of carbonyl (C=O) groups excluding carboxylic acids is 1. The van der Waals surface area contributed by atoms with Crippen LogP contribution in [0.3, 0.4) is 0 Å². The Labute approximate surface area is 90.9 Å². The Kier molecular flexibility index (Phi) is 4.84. The van der Waals surface area contributed by atoms with Gasteiger partial charge in [0.2, 0.25) is 5.91 Å². The second-order valence-corrected chi connectivity index (χ2v) is 3.54. The second-order valence-electron chi connectivity index (χ2n) is 3.54. The Balaban J connectivity index is 2.25. The lowest BCUT2D eigenvalue weighted by Crippen LogP contribution is -2.41. The summed E-state index contributed by atoms with van der Waals surface area (Å²) in [6.45, 7) is 2.53. The Hall–Kier alpha value is -1.35.